The Bertz CT molecular complexity index is 269. The van der Waals surface area contributed by atoms with Crippen LogP contribution in [0.5, 0.6) is 0 Å². The topological polar surface area (TPSA) is 20.3 Å². The molecule has 0 N–H and O–H groups in total. The lowest BCUT2D eigenvalue weighted by molar-refractivity contribution is -0.133. The molecule has 0 spiro atoms. The average Bonchev–Trinajstić information content (AvgIpc) is 2.86. The van der Waals surface area contributed by atoms with E-state index in [-0.39, 0.29) is 0 Å². The van der Waals surface area contributed by atoms with Crippen LogP contribution in [0.4, 0.5) is 0 Å². The molecule has 0 aromatic rings. The van der Waals surface area contributed by atoms with E-state index in [1.807, 2.05) is 11.8 Å². The molecule has 0 aromatic carbocycles. The predicted octanol–water partition coefficient (Wildman–Crippen LogP) is 3.69. The molecule has 0 saturated carbocycles. The van der Waals surface area contributed by atoms with Gasteiger partial charge in [0, 0.05) is 24.3 Å². The van der Waals surface area contributed by atoms with Gasteiger partial charge in [-0.3, -0.25) is 4.79 Å². The van der Waals surface area contributed by atoms with E-state index in [2.05, 4.69) is 20.8 Å². The Balaban J connectivity index is 1.79. The highest BCUT2D eigenvalue weighted by Crippen LogP contribution is 2.28. The second kappa shape index (κ2) is 7.78. The third-order valence-corrected chi connectivity index (χ3v) is 5.78. The molecule has 2 aliphatic heterocycles. The average molecular weight is 334 g/mol. The highest BCUT2D eigenvalue weighted by molar-refractivity contribution is 9.09. The Morgan fingerprint density at radius 3 is 2.78 bits per heavy atom. The van der Waals surface area contributed by atoms with Gasteiger partial charge in [-0.05, 0) is 55.9 Å². The molecule has 2 saturated heterocycles. The molecule has 104 valence electrons. The van der Waals surface area contributed by atoms with E-state index in [0.29, 0.717) is 17.9 Å². The van der Waals surface area contributed by atoms with Crippen LogP contribution in [0.2, 0.25) is 0 Å². The predicted molar refractivity (Wildman–Crippen MR) is 82.4 cm³/mol. The van der Waals surface area contributed by atoms with E-state index in [4.69, 9.17) is 0 Å². The van der Waals surface area contributed by atoms with Crippen molar-refractivity contribution in [2.45, 2.75) is 51.0 Å². The first-order chi connectivity index (χ1) is 8.81. The van der Waals surface area contributed by atoms with Crippen molar-refractivity contribution in [1.82, 2.24) is 4.90 Å². The number of amides is 1. The molecule has 1 amide bonds. The summed E-state index contributed by atoms with van der Waals surface area (Å²) < 4.78 is 0. The monoisotopic (exact) mass is 333 g/mol. The fourth-order valence-corrected chi connectivity index (χ4v) is 4.62. The first-order valence-corrected chi connectivity index (χ1v) is 9.52. The molecule has 0 aliphatic carbocycles. The van der Waals surface area contributed by atoms with Gasteiger partial charge in [-0.2, -0.15) is 11.8 Å². The van der Waals surface area contributed by atoms with Gasteiger partial charge < -0.3 is 4.90 Å². The summed E-state index contributed by atoms with van der Waals surface area (Å²) >= 11 is 5.53. The Morgan fingerprint density at radius 1 is 1.28 bits per heavy atom. The van der Waals surface area contributed by atoms with Gasteiger partial charge in [-0.15, -0.1) is 0 Å². The molecule has 2 heterocycles. The number of carbonyl (C=O) groups is 1. The molecule has 0 bridgehead atoms. The smallest absolute Gasteiger partial charge is 0.223 e. The fourth-order valence-electron chi connectivity index (χ4n) is 3.09. The first-order valence-electron chi connectivity index (χ1n) is 7.24. The zero-order valence-corrected chi connectivity index (χ0v) is 13.5. The number of hydrogen-bond acceptors (Lipinski definition) is 2. The molecule has 2 fully saturated rings. The van der Waals surface area contributed by atoms with E-state index in [1.165, 1.54) is 50.0 Å². The highest BCUT2D eigenvalue weighted by Gasteiger charge is 2.29. The molecule has 2 aliphatic rings. The lowest BCUT2D eigenvalue weighted by atomic mass is 9.97. The standard InChI is InChI=1S/C14H24BrNOS/c15-7-1-3-13-4-2-8-16(13)14(17)11-12-5-9-18-10-6-12/h12-13H,1-11H2. The fraction of sp³-hybridized carbons (Fsp3) is 0.929. The molecule has 2 nitrogen and oxygen atoms in total. The quantitative estimate of drug-likeness (QED) is 0.715. The van der Waals surface area contributed by atoms with Crippen LogP contribution in [-0.4, -0.2) is 40.2 Å². The van der Waals surface area contributed by atoms with Crippen LogP contribution in [0.25, 0.3) is 0 Å². The summed E-state index contributed by atoms with van der Waals surface area (Å²) in [4.78, 5) is 14.6. The number of nitrogens with zero attached hydrogens (tertiary/aromatic N) is 1. The van der Waals surface area contributed by atoms with Crippen LogP contribution in [0, 0.1) is 5.92 Å². The summed E-state index contributed by atoms with van der Waals surface area (Å²) in [6.45, 7) is 1.01. The van der Waals surface area contributed by atoms with Crippen LogP contribution >= 0.6 is 27.7 Å². The molecule has 18 heavy (non-hydrogen) atoms. The van der Waals surface area contributed by atoms with Crippen molar-refractivity contribution in [3.63, 3.8) is 0 Å². The highest BCUT2D eigenvalue weighted by atomic mass is 79.9. The summed E-state index contributed by atoms with van der Waals surface area (Å²) in [6.07, 6.45) is 8.10. The maximum Gasteiger partial charge on any atom is 0.223 e. The summed E-state index contributed by atoms with van der Waals surface area (Å²) in [6, 6.07) is 0.535. The molecule has 0 aromatic heterocycles. The van der Waals surface area contributed by atoms with Gasteiger partial charge in [-0.25, -0.2) is 0 Å². The van der Waals surface area contributed by atoms with Crippen molar-refractivity contribution in [3.05, 3.63) is 0 Å². The van der Waals surface area contributed by atoms with Crippen LogP contribution < -0.4 is 0 Å². The normalized spacial score (nSPS) is 25.6. The van der Waals surface area contributed by atoms with Gasteiger partial charge in [0.2, 0.25) is 5.91 Å². The van der Waals surface area contributed by atoms with Crippen molar-refractivity contribution in [2.24, 2.45) is 5.92 Å². The molecular weight excluding hydrogens is 310 g/mol. The lowest BCUT2D eigenvalue weighted by Crippen LogP contribution is -2.36. The number of rotatable bonds is 5. The van der Waals surface area contributed by atoms with Crippen LogP contribution in [0.1, 0.15) is 44.9 Å². The second-order valence-corrected chi connectivity index (χ2v) is 7.49. The largest absolute Gasteiger partial charge is 0.340 e. The van der Waals surface area contributed by atoms with Gasteiger partial charge in [0.1, 0.15) is 0 Å². The number of halogens is 1. The second-order valence-electron chi connectivity index (χ2n) is 5.47. The van der Waals surface area contributed by atoms with Crippen molar-refractivity contribution in [1.29, 1.82) is 0 Å². The van der Waals surface area contributed by atoms with Gasteiger partial charge in [0.15, 0.2) is 0 Å². The molecule has 1 atom stereocenters. The first kappa shape index (κ1) is 14.7. The SMILES string of the molecule is O=C(CC1CCSCC1)N1CCCC1CCCBr. The Morgan fingerprint density at radius 2 is 2.06 bits per heavy atom. The number of alkyl halides is 1. The van der Waals surface area contributed by atoms with E-state index in [9.17, 15) is 4.79 Å². The minimum Gasteiger partial charge on any atom is -0.340 e. The third-order valence-electron chi connectivity index (χ3n) is 4.17. The Labute approximate surface area is 123 Å². The number of hydrogen-bond donors (Lipinski definition) is 0. The molecule has 1 unspecified atom stereocenters. The van der Waals surface area contributed by atoms with E-state index in [0.717, 1.165) is 18.3 Å². The third kappa shape index (κ3) is 4.16. The summed E-state index contributed by atoms with van der Waals surface area (Å²) in [5, 5.41) is 1.06. The van der Waals surface area contributed by atoms with Gasteiger partial charge >= 0.3 is 0 Å². The molecule has 0 radical (unpaired) electrons. The van der Waals surface area contributed by atoms with Gasteiger partial charge in [0.05, 0.1) is 0 Å². The molecular formula is C14H24BrNOS. The lowest BCUT2D eigenvalue weighted by Gasteiger charge is -2.28. The minimum atomic E-state index is 0.434. The number of likely N-dealkylation sites (tertiary alicyclic amines) is 1. The molecule has 4 heteroatoms. The maximum absolute atomic E-state index is 12.4. The summed E-state index contributed by atoms with van der Waals surface area (Å²) in [5.74, 6) is 3.61. The van der Waals surface area contributed by atoms with E-state index in [1.54, 1.807) is 0 Å². The summed E-state index contributed by atoms with van der Waals surface area (Å²) in [5.41, 5.74) is 0. The number of thioether (sulfide) groups is 1. The van der Waals surface area contributed by atoms with Crippen molar-refractivity contribution in [2.75, 3.05) is 23.4 Å². The number of carbonyl (C=O) groups excluding carboxylic acids is 1. The molecule has 2 rings (SSSR count). The van der Waals surface area contributed by atoms with Crippen LogP contribution in [0.15, 0.2) is 0 Å². The Hall–Kier alpha value is 0.300. The van der Waals surface area contributed by atoms with E-state index < -0.39 is 0 Å². The zero-order valence-electron chi connectivity index (χ0n) is 11.1. The van der Waals surface area contributed by atoms with Crippen molar-refractivity contribution < 1.29 is 4.79 Å². The van der Waals surface area contributed by atoms with Crippen molar-refractivity contribution >= 4 is 33.6 Å². The Kier molecular flexibility index (Phi) is 6.36. The van der Waals surface area contributed by atoms with Crippen molar-refractivity contribution in [3.8, 4) is 0 Å². The maximum atomic E-state index is 12.4. The van der Waals surface area contributed by atoms with E-state index >= 15 is 0 Å². The van der Waals surface area contributed by atoms with Crippen LogP contribution in [0.3, 0.4) is 0 Å². The summed E-state index contributed by atoms with van der Waals surface area (Å²) in [7, 11) is 0. The van der Waals surface area contributed by atoms with Gasteiger partial charge in [0.25, 0.3) is 0 Å². The van der Waals surface area contributed by atoms with Gasteiger partial charge in [-0.1, -0.05) is 15.9 Å². The van der Waals surface area contributed by atoms with Crippen LogP contribution in [-0.2, 0) is 4.79 Å². The zero-order chi connectivity index (χ0) is 12.8. The minimum absolute atomic E-state index is 0.434.